The summed E-state index contributed by atoms with van der Waals surface area (Å²) in [7, 11) is 0.145. The number of hydrogen-bond donors (Lipinski definition) is 1. The highest BCUT2D eigenvalue weighted by molar-refractivity contribution is 8.01. The van der Waals surface area contributed by atoms with Gasteiger partial charge in [-0.3, -0.25) is 4.79 Å². The minimum Gasteiger partial charge on any atom is -0.481 e. The summed E-state index contributed by atoms with van der Waals surface area (Å²) in [4.78, 5) is 20.9. The van der Waals surface area contributed by atoms with Gasteiger partial charge in [0.1, 0.15) is 0 Å². The van der Waals surface area contributed by atoms with Crippen LogP contribution in [-0.4, -0.2) is 47.7 Å². The molecule has 3 aromatic carbocycles. The van der Waals surface area contributed by atoms with Gasteiger partial charge in [0.05, 0.1) is 37.2 Å². The van der Waals surface area contributed by atoms with E-state index in [-0.39, 0.29) is 11.3 Å². The van der Waals surface area contributed by atoms with E-state index in [4.69, 9.17) is 4.74 Å². The Labute approximate surface area is 255 Å². The first-order valence-corrected chi connectivity index (χ1v) is 17.6. The van der Waals surface area contributed by atoms with Crippen LogP contribution in [0.3, 0.4) is 0 Å². The third kappa shape index (κ3) is 4.87. The van der Waals surface area contributed by atoms with Crippen LogP contribution in [0, 0.1) is 0 Å². The van der Waals surface area contributed by atoms with E-state index >= 15 is 0 Å². The molecule has 0 bridgehead atoms. The number of thioether (sulfide) groups is 1. The van der Waals surface area contributed by atoms with Gasteiger partial charge in [-0.2, -0.15) is 0 Å². The number of amides is 1. The Morgan fingerprint density at radius 2 is 1.33 bits per heavy atom. The monoisotopic (exact) mass is 595 g/mol. The molecule has 0 spiro atoms. The topological polar surface area (TPSA) is 62.7 Å². The van der Waals surface area contributed by atoms with Crippen LogP contribution in [0.1, 0.15) is 49.1 Å². The van der Waals surface area contributed by atoms with Gasteiger partial charge in [0.15, 0.2) is 0 Å². The molecule has 42 heavy (non-hydrogen) atoms. The minimum absolute atomic E-state index is 0.00204. The number of hydrogen-bond acceptors (Lipinski definition) is 5. The van der Waals surface area contributed by atoms with Crippen molar-refractivity contribution in [3.05, 3.63) is 132 Å². The molecule has 3 atom stereocenters. The fourth-order valence-electron chi connectivity index (χ4n) is 6.16. The van der Waals surface area contributed by atoms with Gasteiger partial charge in [0.2, 0.25) is 11.8 Å². The summed E-state index contributed by atoms with van der Waals surface area (Å²) in [5.74, 6) is 0.467. The van der Waals surface area contributed by atoms with E-state index in [1.54, 1.807) is 31.1 Å². The lowest BCUT2D eigenvalue weighted by Crippen LogP contribution is -2.74. The predicted molar refractivity (Wildman–Crippen MR) is 173 cm³/mol. The second-order valence-electron chi connectivity index (χ2n) is 12.0. The Bertz CT molecular complexity index is 1400. The van der Waals surface area contributed by atoms with E-state index in [9.17, 15) is 9.90 Å². The summed E-state index contributed by atoms with van der Waals surface area (Å²) >= 11 is 1.77. The van der Waals surface area contributed by atoms with Gasteiger partial charge in [-0.1, -0.05) is 104 Å². The molecule has 7 heteroatoms. The normalized spacial score (nSPS) is 19.9. The molecule has 5 rings (SSSR count). The molecular weight excluding hydrogens is 557 g/mol. The number of aromatic nitrogens is 1. The number of aliphatic hydroxyl groups is 1. The van der Waals surface area contributed by atoms with Crippen LogP contribution < -0.4 is 4.74 Å². The third-order valence-electron chi connectivity index (χ3n) is 8.29. The SMILES string of the molecule is COc1ccc(C(O)C2([Si](C)C)C(=O)N(C(C)(C)C)C2SC(c2ccccc2)(c2ccccc2)c2ccccc2)cn1. The number of nitrogens with zero attached hydrogens (tertiary/aromatic N) is 2. The molecular formula is C35H39N2O3SSi. The zero-order chi connectivity index (χ0) is 30.1. The average Bonchev–Trinajstić information content (AvgIpc) is 3.00. The van der Waals surface area contributed by atoms with Gasteiger partial charge < -0.3 is 14.7 Å². The Morgan fingerprint density at radius 1 is 0.857 bits per heavy atom. The van der Waals surface area contributed by atoms with Gasteiger partial charge in [-0.15, -0.1) is 11.8 Å². The van der Waals surface area contributed by atoms with Crippen molar-refractivity contribution in [1.29, 1.82) is 0 Å². The van der Waals surface area contributed by atoms with Crippen LogP contribution in [0.4, 0.5) is 0 Å². The first-order chi connectivity index (χ1) is 20.1. The summed E-state index contributed by atoms with van der Waals surface area (Å²) in [5.41, 5.74) is 3.53. The number of ether oxygens (including phenoxy) is 1. The number of aliphatic hydroxyl groups excluding tert-OH is 1. The molecule has 2 heterocycles. The van der Waals surface area contributed by atoms with Crippen molar-refractivity contribution in [3.8, 4) is 5.88 Å². The smallest absolute Gasteiger partial charge is 0.233 e. The molecule has 217 valence electrons. The van der Waals surface area contributed by atoms with Crippen molar-refractivity contribution in [2.45, 2.75) is 60.7 Å². The number of methoxy groups -OCH3 is 1. The summed E-state index contributed by atoms with van der Waals surface area (Å²) in [6.45, 7) is 10.5. The van der Waals surface area contributed by atoms with Crippen LogP contribution in [0.5, 0.6) is 5.88 Å². The molecule has 1 radical (unpaired) electrons. The number of carbonyl (C=O) groups is 1. The number of likely N-dealkylation sites (tertiary alicyclic amines) is 1. The van der Waals surface area contributed by atoms with Crippen molar-refractivity contribution in [3.63, 3.8) is 0 Å². The largest absolute Gasteiger partial charge is 0.481 e. The van der Waals surface area contributed by atoms with Gasteiger partial charge in [-0.05, 0) is 49.1 Å². The fourth-order valence-corrected chi connectivity index (χ4v) is 11.0. The quantitative estimate of drug-likeness (QED) is 0.125. The molecule has 1 aromatic heterocycles. The fraction of sp³-hybridized carbons (Fsp3) is 0.314. The molecule has 4 aromatic rings. The lowest BCUT2D eigenvalue weighted by atomic mass is 9.82. The zero-order valence-electron chi connectivity index (χ0n) is 25.1. The highest BCUT2D eigenvalue weighted by atomic mass is 32.2. The highest BCUT2D eigenvalue weighted by Crippen LogP contribution is 2.67. The standard InChI is InChI=1S/C35H39N2O3SSi/c1-33(2,3)37-31(39)35(42(5)6,30(38)25-22-23-29(40-4)36-24-25)32(37)41-34(26-16-10-7-11-17-26,27-18-12-8-13-19-27)28-20-14-9-15-21-28/h7-24,30,32,38H,1-6H3. The van der Waals surface area contributed by atoms with Gasteiger partial charge in [0, 0.05) is 17.8 Å². The first kappa shape index (κ1) is 30.1. The summed E-state index contributed by atoms with van der Waals surface area (Å²) in [6.07, 6.45) is 0.618. The molecule has 0 saturated carbocycles. The third-order valence-corrected chi connectivity index (χ3v) is 12.8. The minimum atomic E-state index is -1.42. The van der Waals surface area contributed by atoms with Crippen molar-refractivity contribution in [2.75, 3.05) is 7.11 Å². The second kappa shape index (κ2) is 11.7. The zero-order valence-corrected chi connectivity index (χ0v) is 26.9. The molecule has 1 aliphatic heterocycles. The lowest BCUT2D eigenvalue weighted by molar-refractivity contribution is -0.164. The Hall–Kier alpha value is -3.39. The molecule has 5 nitrogen and oxygen atoms in total. The van der Waals surface area contributed by atoms with E-state index in [2.05, 4.69) is 112 Å². The number of pyridine rings is 1. The van der Waals surface area contributed by atoms with Crippen LogP contribution in [0.15, 0.2) is 109 Å². The average molecular weight is 596 g/mol. The number of carbonyl (C=O) groups excluding carboxylic acids is 1. The van der Waals surface area contributed by atoms with E-state index in [1.165, 1.54) is 0 Å². The molecule has 1 aliphatic rings. The van der Waals surface area contributed by atoms with Crippen molar-refractivity contribution >= 4 is 26.5 Å². The van der Waals surface area contributed by atoms with Gasteiger partial charge >= 0.3 is 0 Å². The lowest BCUT2D eigenvalue weighted by Gasteiger charge is -2.64. The molecule has 0 aliphatic carbocycles. The Morgan fingerprint density at radius 3 is 1.69 bits per heavy atom. The van der Waals surface area contributed by atoms with Crippen molar-refractivity contribution < 1.29 is 14.6 Å². The van der Waals surface area contributed by atoms with Gasteiger partial charge in [-0.25, -0.2) is 4.98 Å². The second-order valence-corrected chi connectivity index (χ2v) is 16.1. The maximum absolute atomic E-state index is 14.5. The molecule has 1 fully saturated rings. The maximum atomic E-state index is 14.5. The first-order valence-electron chi connectivity index (χ1n) is 14.2. The highest BCUT2D eigenvalue weighted by Gasteiger charge is 2.70. The number of β-lactam (4-membered cyclic amide) rings is 1. The molecule has 1 saturated heterocycles. The van der Waals surface area contributed by atoms with Crippen LogP contribution in [0.25, 0.3) is 0 Å². The summed E-state index contributed by atoms with van der Waals surface area (Å²) < 4.78 is 4.62. The van der Waals surface area contributed by atoms with Crippen molar-refractivity contribution in [1.82, 2.24) is 9.88 Å². The Kier molecular flexibility index (Phi) is 8.38. The van der Waals surface area contributed by atoms with Crippen LogP contribution in [-0.2, 0) is 9.54 Å². The predicted octanol–water partition coefficient (Wildman–Crippen LogP) is 7.31. The number of rotatable bonds is 9. The summed E-state index contributed by atoms with van der Waals surface area (Å²) in [6, 6.07) is 35.1. The van der Waals surface area contributed by atoms with E-state index in [1.807, 2.05) is 29.2 Å². The Balaban J connectivity index is 1.77. The molecule has 3 unspecified atom stereocenters. The van der Waals surface area contributed by atoms with E-state index < -0.39 is 30.2 Å². The van der Waals surface area contributed by atoms with E-state index in [0.717, 1.165) is 16.7 Å². The molecule has 1 N–H and O–H groups in total. The number of benzene rings is 3. The van der Waals surface area contributed by atoms with Crippen LogP contribution in [0.2, 0.25) is 18.1 Å². The molecule has 1 amide bonds. The summed E-state index contributed by atoms with van der Waals surface area (Å²) in [5, 5.41) is 10.9. The van der Waals surface area contributed by atoms with Gasteiger partial charge in [0.25, 0.3) is 0 Å². The van der Waals surface area contributed by atoms with Crippen LogP contribution >= 0.6 is 11.8 Å². The van der Waals surface area contributed by atoms with Crippen molar-refractivity contribution in [2.24, 2.45) is 0 Å². The van der Waals surface area contributed by atoms with E-state index in [0.29, 0.717) is 11.4 Å². The maximum Gasteiger partial charge on any atom is 0.233 e.